The Morgan fingerprint density at radius 1 is 0.935 bits per heavy atom. The summed E-state index contributed by atoms with van der Waals surface area (Å²) in [6, 6.07) is 20.7. The molecule has 0 saturated heterocycles. The van der Waals surface area contributed by atoms with Crippen LogP contribution in [-0.4, -0.2) is 22.0 Å². The third kappa shape index (κ3) is 6.24. The Hall–Kier alpha value is -3.01. The van der Waals surface area contributed by atoms with Crippen molar-refractivity contribution in [3.05, 3.63) is 89.2 Å². The van der Waals surface area contributed by atoms with Crippen molar-refractivity contribution in [1.29, 1.82) is 0 Å². The molecule has 2 amide bonds. The average Bonchev–Trinajstić information content (AvgIpc) is 3.21. The number of para-hydroxylation sites is 1. The van der Waals surface area contributed by atoms with Gasteiger partial charge in [-0.05, 0) is 54.7 Å². The lowest BCUT2D eigenvalue weighted by Gasteiger charge is -2.25. The number of aromatic nitrogens is 1. The van der Waals surface area contributed by atoms with Gasteiger partial charge in [-0.3, -0.25) is 0 Å². The molecule has 1 N–H and O–H groups in total. The topological polar surface area (TPSA) is 37.3 Å². The van der Waals surface area contributed by atoms with Gasteiger partial charge in [-0.1, -0.05) is 69.2 Å². The van der Waals surface area contributed by atoms with Crippen molar-refractivity contribution in [3.63, 3.8) is 0 Å². The van der Waals surface area contributed by atoms with Gasteiger partial charge in [-0.15, -0.1) is 0 Å². The van der Waals surface area contributed by atoms with E-state index in [4.69, 9.17) is 0 Å². The SMILES string of the molecule is CCCCCN(Cc1cccn1Cc1ccccc1C)C(=O)Nc1ccccc1CC. The van der Waals surface area contributed by atoms with E-state index in [1.54, 1.807) is 0 Å². The summed E-state index contributed by atoms with van der Waals surface area (Å²) in [6.45, 7) is 8.62. The molecule has 2 aromatic carbocycles. The number of nitrogens with zero attached hydrogens (tertiary/aromatic N) is 2. The van der Waals surface area contributed by atoms with Crippen molar-refractivity contribution in [2.75, 3.05) is 11.9 Å². The van der Waals surface area contributed by atoms with Gasteiger partial charge >= 0.3 is 6.03 Å². The molecule has 0 aliphatic carbocycles. The van der Waals surface area contributed by atoms with Crippen molar-refractivity contribution in [3.8, 4) is 0 Å². The van der Waals surface area contributed by atoms with Crippen LogP contribution in [0.4, 0.5) is 10.5 Å². The summed E-state index contributed by atoms with van der Waals surface area (Å²) in [5.41, 5.74) is 5.81. The molecule has 0 aliphatic heterocycles. The Kier molecular flexibility index (Phi) is 8.34. The number of nitrogens with one attached hydrogen (secondary N) is 1. The third-order valence-corrected chi connectivity index (χ3v) is 5.84. The molecule has 0 fully saturated rings. The van der Waals surface area contributed by atoms with Crippen LogP contribution in [0.2, 0.25) is 0 Å². The Labute approximate surface area is 186 Å². The van der Waals surface area contributed by atoms with Crippen molar-refractivity contribution < 1.29 is 4.79 Å². The van der Waals surface area contributed by atoms with Gasteiger partial charge in [0.2, 0.25) is 0 Å². The van der Waals surface area contributed by atoms with Gasteiger partial charge in [0.1, 0.15) is 0 Å². The second-order valence-electron chi connectivity index (χ2n) is 8.12. The smallest absolute Gasteiger partial charge is 0.322 e. The van der Waals surface area contributed by atoms with E-state index in [1.165, 1.54) is 11.1 Å². The molecule has 164 valence electrons. The predicted octanol–water partition coefficient (Wildman–Crippen LogP) is 6.63. The lowest BCUT2D eigenvalue weighted by atomic mass is 10.1. The van der Waals surface area contributed by atoms with E-state index in [2.05, 4.69) is 79.3 Å². The van der Waals surface area contributed by atoms with E-state index < -0.39 is 0 Å². The van der Waals surface area contributed by atoms with Crippen LogP contribution < -0.4 is 5.32 Å². The van der Waals surface area contributed by atoms with Gasteiger partial charge in [0.05, 0.1) is 6.54 Å². The van der Waals surface area contributed by atoms with Crippen LogP contribution in [-0.2, 0) is 19.5 Å². The van der Waals surface area contributed by atoms with Crippen molar-refractivity contribution in [2.24, 2.45) is 0 Å². The van der Waals surface area contributed by atoms with E-state index >= 15 is 0 Å². The largest absolute Gasteiger partial charge is 0.345 e. The molecule has 0 aliphatic rings. The normalized spacial score (nSPS) is 10.8. The average molecular weight is 418 g/mol. The minimum absolute atomic E-state index is 0.0272. The molecule has 0 atom stereocenters. The van der Waals surface area contributed by atoms with E-state index in [0.717, 1.165) is 55.7 Å². The lowest BCUT2D eigenvalue weighted by Crippen LogP contribution is -2.36. The zero-order valence-electron chi connectivity index (χ0n) is 19.1. The number of carbonyl (C=O) groups is 1. The first-order chi connectivity index (χ1) is 15.1. The molecule has 0 saturated carbocycles. The summed E-state index contributed by atoms with van der Waals surface area (Å²) in [7, 11) is 0. The molecular weight excluding hydrogens is 382 g/mol. The number of hydrogen-bond donors (Lipinski definition) is 1. The van der Waals surface area contributed by atoms with Crippen LogP contribution in [0.15, 0.2) is 66.9 Å². The van der Waals surface area contributed by atoms with Crippen LogP contribution in [0, 0.1) is 6.92 Å². The maximum absolute atomic E-state index is 13.2. The van der Waals surface area contributed by atoms with Gasteiger partial charge in [0.25, 0.3) is 0 Å². The Morgan fingerprint density at radius 3 is 2.42 bits per heavy atom. The number of carbonyl (C=O) groups excluding carboxylic acids is 1. The number of unbranched alkanes of at least 4 members (excludes halogenated alkanes) is 2. The van der Waals surface area contributed by atoms with Crippen LogP contribution in [0.1, 0.15) is 55.5 Å². The molecule has 1 aromatic heterocycles. The summed E-state index contributed by atoms with van der Waals surface area (Å²) in [6.07, 6.45) is 6.27. The first kappa shape index (κ1) is 22.7. The summed E-state index contributed by atoms with van der Waals surface area (Å²) >= 11 is 0. The van der Waals surface area contributed by atoms with Crippen LogP contribution in [0.3, 0.4) is 0 Å². The summed E-state index contributed by atoms with van der Waals surface area (Å²) in [4.78, 5) is 15.2. The highest BCUT2D eigenvalue weighted by molar-refractivity contribution is 5.90. The molecular formula is C27H35N3O. The molecule has 3 aromatic rings. The Bertz CT molecular complexity index is 976. The number of anilines is 1. The quantitative estimate of drug-likeness (QED) is 0.369. The number of rotatable bonds is 10. The van der Waals surface area contributed by atoms with Gasteiger partial charge in [-0.2, -0.15) is 0 Å². The van der Waals surface area contributed by atoms with Crippen LogP contribution >= 0.6 is 0 Å². The fraction of sp³-hybridized carbons (Fsp3) is 0.370. The van der Waals surface area contributed by atoms with Gasteiger partial charge in [0, 0.05) is 30.7 Å². The van der Waals surface area contributed by atoms with Crippen molar-refractivity contribution >= 4 is 11.7 Å². The monoisotopic (exact) mass is 417 g/mol. The molecule has 1 heterocycles. The second kappa shape index (κ2) is 11.4. The Balaban J connectivity index is 1.76. The number of amides is 2. The zero-order chi connectivity index (χ0) is 22.1. The van der Waals surface area contributed by atoms with E-state index in [-0.39, 0.29) is 6.03 Å². The molecule has 0 unspecified atom stereocenters. The molecule has 3 rings (SSSR count). The van der Waals surface area contributed by atoms with Gasteiger partial charge < -0.3 is 14.8 Å². The third-order valence-electron chi connectivity index (χ3n) is 5.84. The first-order valence-corrected chi connectivity index (χ1v) is 11.4. The number of benzene rings is 2. The maximum atomic E-state index is 13.2. The lowest BCUT2D eigenvalue weighted by molar-refractivity contribution is 0.206. The predicted molar refractivity (Wildman–Crippen MR) is 129 cm³/mol. The number of aryl methyl sites for hydroxylation is 2. The molecule has 4 nitrogen and oxygen atoms in total. The zero-order valence-corrected chi connectivity index (χ0v) is 19.1. The summed E-state index contributed by atoms with van der Waals surface area (Å²) in [5.74, 6) is 0. The van der Waals surface area contributed by atoms with Crippen molar-refractivity contribution in [2.45, 2.75) is 59.5 Å². The molecule has 4 heteroatoms. The number of urea groups is 1. The maximum Gasteiger partial charge on any atom is 0.322 e. The molecule has 31 heavy (non-hydrogen) atoms. The fourth-order valence-corrected chi connectivity index (χ4v) is 3.86. The minimum atomic E-state index is -0.0272. The number of hydrogen-bond acceptors (Lipinski definition) is 1. The van der Waals surface area contributed by atoms with Gasteiger partial charge in [-0.25, -0.2) is 4.79 Å². The highest BCUT2D eigenvalue weighted by Crippen LogP contribution is 2.18. The molecule has 0 radical (unpaired) electrons. The van der Waals surface area contributed by atoms with E-state index in [9.17, 15) is 4.79 Å². The second-order valence-corrected chi connectivity index (χ2v) is 8.12. The Morgan fingerprint density at radius 2 is 1.68 bits per heavy atom. The minimum Gasteiger partial charge on any atom is -0.345 e. The summed E-state index contributed by atoms with van der Waals surface area (Å²) < 4.78 is 2.25. The summed E-state index contributed by atoms with van der Waals surface area (Å²) in [5, 5.41) is 3.16. The highest BCUT2D eigenvalue weighted by Gasteiger charge is 2.17. The molecule has 0 bridgehead atoms. The standard InChI is InChI=1S/C27H35N3O/c1-4-6-11-18-30(27(31)28-26-17-10-9-14-23(26)5-2)21-25-16-12-19-29(25)20-24-15-8-7-13-22(24)3/h7-10,12-17,19H,4-6,11,18,20-21H2,1-3H3,(H,28,31). The van der Waals surface area contributed by atoms with E-state index in [1.807, 2.05) is 23.1 Å². The molecule has 0 spiro atoms. The van der Waals surface area contributed by atoms with E-state index in [0.29, 0.717) is 6.54 Å². The van der Waals surface area contributed by atoms with Gasteiger partial charge in [0.15, 0.2) is 0 Å². The fourth-order valence-electron chi connectivity index (χ4n) is 3.86. The van der Waals surface area contributed by atoms with Crippen LogP contribution in [0.25, 0.3) is 0 Å². The first-order valence-electron chi connectivity index (χ1n) is 11.4. The van der Waals surface area contributed by atoms with Crippen molar-refractivity contribution in [1.82, 2.24) is 9.47 Å². The van der Waals surface area contributed by atoms with Crippen LogP contribution in [0.5, 0.6) is 0 Å². The highest BCUT2D eigenvalue weighted by atomic mass is 16.2.